The average molecular weight is 332 g/mol. The summed E-state index contributed by atoms with van der Waals surface area (Å²) in [5, 5.41) is 0. The van der Waals surface area contributed by atoms with Crippen molar-refractivity contribution in [3.8, 4) is 5.75 Å². The van der Waals surface area contributed by atoms with E-state index in [1.54, 1.807) is 0 Å². The molecule has 0 N–H and O–H groups in total. The molecule has 1 unspecified atom stereocenters. The van der Waals surface area contributed by atoms with Crippen molar-refractivity contribution in [2.75, 3.05) is 13.2 Å². The van der Waals surface area contributed by atoms with E-state index < -0.39 is 11.2 Å². The number of hydrogen-bond donors (Lipinski definition) is 0. The van der Waals surface area contributed by atoms with Crippen molar-refractivity contribution in [3.63, 3.8) is 0 Å². The summed E-state index contributed by atoms with van der Waals surface area (Å²) in [5.41, 5.74) is 0.981. The smallest absolute Gasteiger partial charge is 0.351 e. The van der Waals surface area contributed by atoms with Gasteiger partial charge in [-0.15, -0.1) is 0 Å². The van der Waals surface area contributed by atoms with Crippen molar-refractivity contribution in [1.82, 2.24) is 0 Å². The summed E-state index contributed by atoms with van der Waals surface area (Å²) in [6.07, 6.45) is 3.60. The van der Waals surface area contributed by atoms with Crippen LogP contribution in [0.15, 0.2) is 18.2 Å². The Kier molecular flexibility index (Phi) is 4.60. The van der Waals surface area contributed by atoms with Crippen molar-refractivity contribution in [3.05, 3.63) is 29.3 Å². The van der Waals surface area contributed by atoms with Gasteiger partial charge < -0.3 is 14.2 Å². The average Bonchev–Trinajstić information content (AvgIpc) is 3.27. The molecule has 1 aliphatic carbocycles. The minimum atomic E-state index is -0.800. The predicted molar refractivity (Wildman–Crippen MR) is 92.4 cm³/mol. The number of ether oxygens (including phenoxy) is 3. The van der Waals surface area contributed by atoms with Crippen LogP contribution in [0, 0.1) is 6.92 Å². The Labute approximate surface area is 144 Å². The van der Waals surface area contributed by atoms with Crippen molar-refractivity contribution in [2.24, 2.45) is 0 Å². The number of hydrogen-bond acceptors (Lipinski definition) is 4. The second-order valence-corrected chi connectivity index (χ2v) is 8.05. The molecule has 0 spiro atoms. The molecule has 4 nitrogen and oxygen atoms in total. The third kappa shape index (κ3) is 3.92. The van der Waals surface area contributed by atoms with Crippen LogP contribution in [0.2, 0.25) is 0 Å². The highest BCUT2D eigenvalue weighted by Crippen LogP contribution is 2.45. The van der Waals surface area contributed by atoms with E-state index in [1.165, 1.54) is 0 Å². The summed E-state index contributed by atoms with van der Waals surface area (Å²) >= 11 is 0. The molecule has 1 atom stereocenters. The molecule has 1 aliphatic heterocycles. The van der Waals surface area contributed by atoms with Crippen LogP contribution in [0.25, 0.3) is 0 Å². The highest BCUT2D eigenvalue weighted by Gasteiger charge is 2.55. The van der Waals surface area contributed by atoms with Crippen LogP contribution < -0.4 is 4.74 Å². The molecule has 24 heavy (non-hydrogen) atoms. The SMILES string of the molecule is Cc1ccc(C2CCCOC2)c(OC2(C(=O)OC(C)(C)C)CC2)c1. The van der Waals surface area contributed by atoms with Crippen molar-refractivity contribution >= 4 is 5.97 Å². The van der Waals surface area contributed by atoms with Gasteiger partial charge in [-0.3, -0.25) is 0 Å². The Morgan fingerprint density at radius 3 is 2.62 bits per heavy atom. The van der Waals surface area contributed by atoms with E-state index >= 15 is 0 Å². The Morgan fingerprint density at radius 1 is 1.29 bits per heavy atom. The first-order chi connectivity index (χ1) is 11.3. The third-order valence-corrected chi connectivity index (χ3v) is 4.55. The molecule has 0 amide bonds. The van der Waals surface area contributed by atoms with E-state index in [1.807, 2.05) is 33.8 Å². The summed E-state index contributed by atoms with van der Waals surface area (Å²) in [6, 6.07) is 6.26. The minimum absolute atomic E-state index is 0.248. The molecule has 1 saturated carbocycles. The zero-order valence-corrected chi connectivity index (χ0v) is 15.2. The van der Waals surface area contributed by atoms with Gasteiger partial charge in [0.05, 0.1) is 6.61 Å². The lowest BCUT2D eigenvalue weighted by Crippen LogP contribution is -2.37. The van der Waals surface area contributed by atoms with Gasteiger partial charge in [-0.2, -0.15) is 0 Å². The molecule has 0 aromatic heterocycles. The molecular formula is C20H28O4. The van der Waals surface area contributed by atoms with E-state index in [9.17, 15) is 4.79 Å². The quantitative estimate of drug-likeness (QED) is 0.777. The van der Waals surface area contributed by atoms with Crippen molar-refractivity contribution in [2.45, 2.75) is 70.5 Å². The van der Waals surface area contributed by atoms with E-state index in [0.717, 1.165) is 55.8 Å². The van der Waals surface area contributed by atoms with Crippen LogP contribution in [-0.4, -0.2) is 30.4 Å². The van der Waals surface area contributed by atoms with Crippen LogP contribution in [0.3, 0.4) is 0 Å². The van der Waals surface area contributed by atoms with Crippen LogP contribution in [0.1, 0.15) is 63.5 Å². The van der Waals surface area contributed by atoms with E-state index in [2.05, 4.69) is 12.1 Å². The maximum absolute atomic E-state index is 12.5. The molecule has 1 aromatic rings. The van der Waals surface area contributed by atoms with Crippen LogP contribution in [0.4, 0.5) is 0 Å². The first kappa shape index (κ1) is 17.3. The number of rotatable bonds is 4. The van der Waals surface area contributed by atoms with Gasteiger partial charge in [0.25, 0.3) is 0 Å². The zero-order chi connectivity index (χ0) is 17.4. The molecular weight excluding hydrogens is 304 g/mol. The largest absolute Gasteiger partial charge is 0.475 e. The summed E-state index contributed by atoms with van der Waals surface area (Å²) in [5.74, 6) is 0.903. The molecule has 3 rings (SSSR count). The maximum Gasteiger partial charge on any atom is 0.351 e. The lowest BCUT2D eigenvalue weighted by atomic mass is 9.92. The van der Waals surface area contributed by atoms with Gasteiger partial charge in [0, 0.05) is 25.4 Å². The molecule has 4 heteroatoms. The fourth-order valence-electron chi connectivity index (χ4n) is 3.10. The van der Waals surface area contributed by atoms with Gasteiger partial charge in [0.1, 0.15) is 11.4 Å². The van der Waals surface area contributed by atoms with Gasteiger partial charge in [-0.1, -0.05) is 12.1 Å². The molecule has 1 saturated heterocycles. The summed E-state index contributed by atoms with van der Waals surface area (Å²) < 4.78 is 17.5. The fraction of sp³-hybridized carbons (Fsp3) is 0.650. The summed E-state index contributed by atoms with van der Waals surface area (Å²) in [7, 11) is 0. The third-order valence-electron chi connectivity index (χ3n) is 4.55. The Morgan fingerprint density at radius 2 is 2.04 bits per heavy atom. The second kappa shape index (κ2) is 6.40. The van der Waals surface area contributed by atoms with Crippen LogP contribution >= 0.6 is 0 Å². The van der Waals surface area contributed by atoms with E-state index in [0.29, 0.717) is 5.92 Å². The number of esters is 1. The van der Waals surface area contributed by atoms with Crippen LogP contribution in [-0.2, 0) is 14.3 Å². The summed E-state index contributed by atoms with van der Waals surface area (Å²) in [6.45, 7) is 9.26. The molecule has 1 aromatic carbocycles. The fourth-order valence-corrected chi connectivity index (χ4v) is 3.10. The van der Waals surface area contributed by atoms with E-state index in [4.69, 9.17) is 14.2 Å². The van der Waals surface area contributed by atoms with Gasteiger partial charge in [-0.25, -0.2) is 4.79 Å². The lowest BCUT2D eigenvalue weighted by molar-refractivity contribution is -0.165. The van der Waals surface area contributed by atoms with Crippen LogP contribution in [0.5, 0.6) is 5.75 Å². The van der Waals surface area contributed by atoms with Gasteiger partial charge in [0.2, 0.25) is 5.60 Å². The molecule has 0 radical (unpaired) electrons. The lowest BCUT2D eigenvalue weighted by Gasteiger charge is -2.28. The molecule has 132 valence electrons. The maximum atomic E-state index is 12.5. The van der Waals surface area contributed by atoms with Crippen molar-refractivity contribution < 1.29 is 19.0 Å². The second-order valence-electron chi connectivity index (χ2n) is 8.05. The van der Waals surface area contributed by atoms with Crippen molar-refractivity contribution in [1.29, 1.82) is 0 Å². The highest BCUT2D eigenvalue weighted by molar-refractivity contribution is 5.83. The molecule has 1 heterocycles. The van der Waals surface area contributed by atoms with Gasteiger partial charge in [-0.05, 0) is 57.7 Å². The number of benzene rings is 1. The standard InChI is InChI=1S/C20H28O4/c1-14-7-8-16(15-6-5-11-22-13-15)17(12-14)23-20(9-10-20)18(21)24-19(2,3)4/h7-8,12,15H,5-6,9-11,13H2,1-4H3. The topological polar surface area (TPSA) is 44.8 Å². The number of carbonyl (C=O) groups is 1. The zero-order valence-electron chi connectivity index (χ0n) is 15.2. The van der Waals surface area contributed by atoms with Gasteiger partial charge in [0.15, 0.2) is 0 Å². The monoisotopic (exact) mass is 332 g/mol. The summed E-state index contributed by atoms with van der Waals surface area (Å²) in [4.78, 5) is 12.5. The highest BCUT2D eigenvalue weighted by atomic mass is 16.6. The number of carbonyl (C=O) groups excluding carboxylic acids is 1. The Bertz CT molecular complexity index is 605. The molecule has 2 aliphatic rings. The Hall–Kier alpha value is -1.55. The number of aryl methyl sites for hydroxylation is 1. The first-order valence-electron chi connectivity index (χ1n) is 8.90. The molecule has 2 fully saturated rings. The van der Waals surface area contributed by atoms with E-state index in [-0.39, 0.29) is 5.97 Å². The molecule has 0 bridgehead atoms. The Balaban J connectivity index is 1.81. The minimum Gasteiger partial charge on any atom is -0.475 e. The normalized spacial score (nSPS) is 22.8. The van der Waals surface area contributed by atoms with Gasteiger partial charge >= 0.3 is 5.97 Å². The predicted octanol–water partition coefficient (Wildman–Crippen LogP) is 4.14. The first-order valence-corrected chi connectivity index (χ1v) is 8.90.